The predicted octanol–water partition coefficient (Wildman–Crippen LogP) is 8.49. The summed E-state index contributed by atoms with van der Waals surface area (Å²) in [6.45, 7) is 10.1. The normalized spacial score (nSPS) is 19.3. The van der Waals surface area contributed by atoms with Crippen LogP contribution in [0.2, 0.25) is 0 Å². The molecular formula is C49H54N3O9S2+. The zero-order chi connectivity index (χ0) is 45.3. The highest BCUT2D eigenvalue weighted by atomic mass is 32.2. The number of fused-ring (bicyclic) bond motifs is 6. The van der Waals surface area contributed by atoms with Crippen LogP contribution in [0.25, 0.3) is 21.5 Å². The molecule has 3 aliphatic heterocycles. The molecule has 330 valence electrons. The van der Waals surface area contributed by atoms with E-state index in [1.807, 2.05) is 54.6 Å². The van der Waals surface area contributed by atoms with Crippen molar-refractivity contribution in [3.8, 4) is 0 Å². The van der Waals surface area contributed by atoms with Crippen molar-refractivity contribution in [2.45, 2.75) is 88.7 Å². The number of imide groups is 3. The molecule has 0 saturated carbocycles. The third kappa shape index (κ3) is 9.26. The van der Waals surface area contributed by atoms with Crippen molar-refractivity contribution in [1.82, 2.24) is 4.90 Å². The van der Waals surface area contributed by atoms with Crippen LogP contribution in [0.3, 0.4) is 0 Å². The fraction of sp³-hybridized carbons (Fsp3) is 0.347. The number of likely N-dealkylation sites (tertiary alicyclic amines) is 1. The van der Waals surface area contributed by atoms with Crippen molar-refractivity contribution in [2.75, 3.05) is 23.7 Å². The molecule has 63 heavy (non-hydrogen) atoms. The Hall–Kier alpha value is -5.54. The number of rotatable bonds is 16. The van der Waals surface area contributed by atoms with Gasteiger partial charge in [-0.05, 0) is 84.8 Å². The highest BCUT2D eigenvalue weighted by Gasteiger charge is 2.49. The fourth-order valence-corrected chi connectivity index (χ4v) is 10.8. The highest BCUT2D eigenvalue weighted by Crippen LogP contribution is 2.51. The first-order chi connectivity index (χ1) is 29.8. The second kappa shape index (κ2) is 17.9. The largest absolute Gasteiger partial charge is 0.344 e. The monoisotopic (exact) mass is 892 g/mol. The molecule has 4 aromatic carbocycles. The summed E-state index contributed by atoms with van der Waals surface area (Å²) in [7, 11) is -8.83. The van der Waals surface area contributed by atoms with Crippen LogP contribution in [-0.4, -0.2) is 82.9 Å². The molecular weight excluding hydrogens is 839 g/mol. The van der Waals surface area contributed by atoms with Crippen LogP contribution in [0.5, 0.6) is 0 Å². The van der Waals surface area contributed by atoms with Gasteiger partial charge in [-0.25, -0.2) is 4.90 Å². The Bertz CT molecular complexity index is 2890. The number of allylic oxidation sites excluding steroid dienone is 8. The van der Waals surface area contributed by atoms with E-state index in [2.05, 4.69) is 97.9 Å². The van der Waals surface area contributed by atoms with Gasteiger partial charge in [0.05, 0.1) is 17.6 Å². The predicted molar refractivity (Wildman–Crippen MR) is 248 cm³/mol. The van der Waals surface area contributed by atoms with Crippen LogP contribution in [0.1, 0.15) is 83.8 Å². The van der Waals surface area contributed by atoms with E-state index in [1.54, 1.807) is 0 Å². The molecule has 3 aliphatic rings. The molecule has 0 bridgehead atoms. The Balaban J connectivity index is 1.08. The molecule has 4 aromatic rings. The first-order valence-corrected chi connectivity index (χ1v) is 24.4. The van der Waals surface area contributed by atoms with Crippen molar-refractivity contribution in [2.24, 2.45) is 0 Å². The number of anilines is 1. The lowest BCUT2D eigenvalue weighted by Crippen LogP contribution is -2.39. The van der Waals surface area contributed by atoms with Gasteiger partial charge in [-0.15, -0.1) is 0 Å². The molecule has 1 saturated heterocycles. The fourth-order valence-electron chi connectivity index (χ4n) is 9.53. The van der Waals surface area contributed by atoms with E-state index in [0.717, 1.165) is 33.6 Å². The summed E-state index contributed by atoms with van der Waals surface area (Å²) < 4.78 is 66.9. The Labute approximate surface area is 369 Å². The number of benzene rings is 4. The molecule has 14 heteroatoms. The third-order valence-electron chi connectivity index (χ3n) is 12.5. The maximum atomic E-state index is 12.8. The molecule has 0 aromatic heterocycles. The average molecular weight is 893 g/mol. The Morgan fingerprint density at radius 2 is 1.38 bits per heavy atom. The number of hydrogen-bond donors (Lipinski definition) is 2. The second-order valence-corrected chi connectivity index (χ2v) is 20.6. The van der Waals surface area contributed by atoms with E-state index in [9.17, 15) is 40.3 Å². The molecule has 7 rings (SSSR count). The lowest BCUT2D eigenvalue weighted by molar-refractivity contribution is -0.438. The van der Waals surface area contributed by atoms with Crippen LogP contribution in [0.4, 0.5) is 11.4 Å². The van der Waals surface area contributed by atoms with E-state index in [4.69, 9.17) is 0 Å². The van der Waals surface area contributed by atoms with E-state index < -0.39 is 49.6 Å². The van der Waals surface area contributed by atoms with Crippen LogP contribution in [0.15, 0.2) is 121 Å². The number of hydrogen-bond acceptors (Lipinski definition) is 8. The van der Waals surface area contributed by atoms with Crippen LogP contribution in [-0.2, 0) is 45.4 Å². The van der Waals surface area contributed by atoms with E-state index in [1.165, 1.54) is 21.9 Å². The van der Waals surface area contributed by atoms with Gasteiger partial charge in [-0.1, -0.05) is 98.8 Å². The zero-order valence-corrected chi connectivity index (χ0v) is 37.7. The Morgan fingerprint density at radius 3 is 2.05 bits per heavy atom. The van der Waals surface area contributed by atoms with Gasteiger partial charge in [0.2, 0.25) is 17.5 Å². The maximum Gasteiger partial charge on any atom is 0.277 e. The smallest absolute Gasteiger partial charge is 0.277 e. The van der Waals surface area contributed by atoms with Gasteiger partial charge in [0, 0.05) is 53.9 Å². The molecule has 2 N–H and O–H groups in total. The molecule has 0 radical (unpaired) electrons. The molecule has 0 spiro atoms. The number of amides is 3. The molecule has 3 heterocycles. The Morgan fingerprint density at radius 1 is 0.746 bits per heavy atom. The van der Waals surface area contributed by atoms with Crippen molar-refractivity contribution in [3.05, 3.63) is 132 Å². The van der Waals surface area contributed by atoms with Crippen molar-refractivity contribution < 1.29 is 44.9 Å². The first-order valence-electron chi connectivity index (χ1n) is 21.3. The number of unbranched alkanes of at least 4 members (excludes halogenated alkanes) is 3. The van der Waals surface area contributed by atoms with Crippen molar-refractivity contribution in [1.29, 1.82) is 0 Å². The van der Waals surface area contributed by atoms with Crippen LogP contribution in [0, 0.1) is 0 Å². The molecule has 12 nitrogen and oxygen atoms in total. The summed E-state index contributed by atoms with van der Waals surface area (Å²) in [4.78, 5) is 40.2. The molecule has 1 fully saturated rings. The quantitative estimate of drug-likeness (QED) is 0.0366. The zero-order valence-electron chi connectivity index (χ0n) is 36.0. The summed E-state index contributed by atoms with van der Waals surface area (Å²) in [5.74, 6) is -3.16. The minimum Gasteiger partial charge on any atom is -0.344 e. The van der Waals surface area contributed by atoms with E-state index in [-0.39, 0.29) is 23.0 Å². The van der Waals surface area contributed by atoms with Gasteiger partial charge in [0.15, 0.2) is 11.0 Å². The molecule has 0 aliphatic carbocycles. The topological polar surface area (TPSA) is 169 Å². The van der Waals surface area contributed by atoms with Gasteiger partial charge in [-0.3, -0.25) is 23.5 Å². The minimum atomic E-state index is -4.79. The van der Waals surface area contributed by atoms with Crippen molar-refractivity contribution >= 4 is 76.6 Å². The minimum absolute atomic E-state index is 0.107. The summed E-state index contributed by atoms with van der Waals surface area (Å²) >= 11 is 0. The van der Waals surface area contributed by atoms with Gasteiger partial charge >= 0.3 is 0 Å². The summed E-state index contributed by atoms with van der Waals surface area (Å²) in [5, 5.41) is 2.72. The summed E-state index contributed by atoms with van der Waals surface area (Å²) in [6.07, 6.45) is 16.0. The SMILES string of the molecule is CC1(C)C(/C=C/C=C/C=C/C=C2/N(CCCCS(=O)(=O)O)c3ccc4ccccc4c3C2(C)C)=[N+](CCCCCC(=O)N2C(=O)CC(S(=O)(=O)O)C2=O)c2ccc3ccccc3c21. The highest BCUT2D eigenvalue weighted by molar-refractivity contribution is 7.87. The third-order valence-corrected chi connectivity index (χ3v) is 14.4. The number of nitrogens with zero attached hydrogens (tertiary/aromatic N) is 3. The van der Waals surface area contributed by atoms with Gasteiger partial charge in [0.1, 0.15) is 6.54 Å². The molecule has 1 unspecified atom stereocenters. The lowest BCUT2D eigenvalue weighted by atomic mass is 9.79. The maximum absolute atomic E-state index is 12.8. The van der Waals surface area contributed by atoms with E-state index >= 15 is 0 Å². The Kier molecular flexibility index (Phi) is 12.9. The molecule has 1 atom stereocenters. The van der Waals surface area contributed by atoms with E-state index in [0.29, 0.717) is 50.1 Å². The van der Waals surface area contributed by atoms with Gasteiger partial charge in [0.25, 0.3) is 26.1 Å². The van der Waals surface area contributed by atoms with Gasteiger partial charge < -0.3 is 4.90 Å². The summed E-state index contributed by atoms with van der Waals surface area (Å²) in [5.41, 5.74) is 6.16. The van der Waals surface area contributed by atoms with Crippen LogP contribution >= 0.6 is 0 Å². The summed E-state index contributed by atoms with van der Waals surface area (Å²) in [6, 6.07) is 25.2. The lowest BCUT2D eigenvalue weighted by Gasteiger charge is -2.27. The standard InChI is InChI=1S/C49H53N3O9S2/c1-48(2)41(23-9-6-5-7-10-24-42-49(3,4)46-37-22-15-13-20-35(37)27-29-39(46)51(42)31-17-18-32-62(56,57)58)50(38-28-26-34-19-12-14-21-36(34)45(38)48)30-16-8-11-25-43(53)52-44(54)33-40(47(52)55)63(59,60)61/h5-7,9-10,12-15,19-24,26-29,40H,8,11,16-18,25,30-33H2,1-4H3,(H-,56,57,58,59,60,61)/p+1. The average Bonchev–Trinajstić information content (AvgIpc) is 3.74. The van der Waals surface area contributed by atoms with Gasteiger partial charge in [-0.2, -0.15) is 21.4 Å². The van der Waals surface area contributed by atoms with Crippen molar-refractivity contribution in [3.63, 3.8) is 0 Å². The molecule has 3 amide bonds. The number of carbonyl (C=O) groups is 3. The second-order valence-electron chi connectivity index (χ2n) is 17.5. The first kappa shape index (κ1) is 45.5. The number of carbonyl (C=O) groups excluding carboxylic acids is 3. The van der Waals surface area contributed by atoms with Crippen LogP contribution < -0.4 is 4.90 Å².